The van der Waals surface area contributed by atoms with E-state index in [2.05, 4.69) is 70.0 Å². The van der Waals surface area contributed by atoms with Crippen LogP contribution < -0.4 is 10.1 Å². The molecule has 0 aliphatic heterocycles. The Hall–Kier alpha value is -3.66. The van der Waals surface area contributed by atoms with E-state index in [4.69, 9.17) is 4.74 Å². The fraction of sp³-hybridized carbons (Fsp3) is 0.290. The minimum Gasteiger partial charge on any atom is -0.489 e. The van der Waals surface area contributed by atoms with Crippen LogP contribution in [0.15, 0.2) is 79.1 Å². The van der Waals surface area contributed by atoms with Crippen LogP contribution in [0.2, 0.25) is 0 Å². The molecule has 180 valence electrons. The number of benzene rings is 3. The lowest BCUT2D eigenvalue weighted by Gasteiger charge is -2.30. The monoisotopic (exact) mass is 466 g/mol. The van der Waals surface area contributed by atoms with Crippen molar-refractivity contribution in [2.75, 3.05) is 5.32 Å². The zero-order valence-electron chi connectivity index (χ0n) is 21.5. The van der Waals surface area contributed by atoms with Crippen LogP contribution in [0.5, 0.6) is 5.75 Å². The summed E-state index contributed by atoms with van der Waals surface area (Å²) in [5.41, 5.74) is 4.87. The van der Waals surface area contributed by atoms with Crippen molar-refractivity contribution in [1.29, 1.82) is 0 Å². The van der Waals surface area contributed by atoms with Gasteiger partial charge < -0.3 is 10.1 Å². The highest BCUT2D eigenvalue weighted by Crippen LogP contribution is 2.35. The Kier molecular flexibility index (Phi) is 6.66. The summed E-state index contributed by atoms with van der Waals surface area (Å²) in [4.78, 5) is 17.4. The number of carbonyl (C=O) groups is 1. The van der Waals surface area contributed by atoms with Crippen molar-refractivity contribution >= 4 is 22.4 Å². The number of carbonyl (C=O) groups excluding carboxylic acids is 1. The van der Waals surface area contributed by atoms with Gasteiger partial charge in [-0.25, -0.2) is 0 Å². The van der Waals surface area contributed by atoms with E-state index in [0.29, 0.717) is 17.9 Å². The second-order valence-corrected chi connectivity index (χ2v) is 11.1. The highest BCUT2D eigenvalue weighted by atomic mass is 16.5. The van der Waals surface area contributed by atoms with Crippen LogP contribution in [0.4, 0.5) is 5.69 Å². The van der Waals surface area contributed by atoms with Crippen molar-refractivity contribution in [2.45, 2.75) is 59.0 Å². The van der Waals surface area contributed by atoms with E-state index < -0.39 is 0 Å². The number of nitrogens with zero attached hydrogens (tertiary/aromatic N) is 1. The van der Waals surface area contributed by atoms with E-state index in [0.717, 1.165) is 22.0 Å². The molecule has 1 N–H and O–H groups in total. The lowest BCUT2D eigenvalue weighted by atomic mass is 9.75. The number of aromatic nitrogens is 1. The largest absolute Gasteiger partial charge is 0.489 e. The van der Waals surface area contributed by atoms with Crippen LogP contribution in [0.3, 0.4) is 0 Å². The Labute approximate surface area is 208 Å². The molecule has 35 heavy (non-hydrogen) atoms. The SMILES string of the molecule is CC(C)(C)c1ccc(NC(=O)c2cccc(OCc3cncc4ccccc34)c2)cc1C(C)(C)C. The first kappa shape index (κ1) is 24.5. The van der Waals surface area contributed by atoms with Crippen molar-refractivity contribution < 1.29 is 9.53 Å². The number of hydrogen-bond acceptors (Lipinski definition) is 3. The van der Waals surface area contributed by atoms with Crippen LogP contribution in [-0.2, 0) is 17.4 Å². The lowest BCUT2D eigenvalue weighted by Crippen LogP contribution is -2.22. The van der Waals surface area contributed by atoms with Crippen molar-refractivity contribution in [3.8, 4) is 5.75 Å². The molecule has 0 aliphatic rings. The molecule has 0 bridgehead atoms. The first-order chi connectivity index (χ1) is 16.5. The Balaban J connectivity index is 1.51. The number of pyridine rings is 1. The van der Waals surface area contributed by atoms with E-state index in [1.807, 2.05) is 48.8 Å². The zero-order chi connectivity index (χ0) is 25.2. The van der Waals surface area contributed by atoms with Gasteiger partial charge in [0.15, 0.2) is 0 Å². The fourth-order valence-corrected chi connectivity index (χ4v) is 4.28. The predicted octanol–water partition coefficient (Wildman–Crippen LogP) is 7.66. The number of amides is 1. The van der Waals surface area contributed by atoms with Gasteiger partial charge in [0, 0.05) is 34.6 Å². The molecule has 4 rings (SSSR count). The van der Waals surface area contributed by atoms with Crippen molar-refractivity contribution in [2.24, 2.45) is 0 Å². The normalized spacial score (nSPS) is 11.9. The molecule has 1 aromatic heterocycles. The Morgan fingerprint density at radius 2 is 1.57 bits per heavy atom. The molecule has 0 aliphatic carbocycles. The Morgan fingerprint density at radius 1 is 0.829 bits per heavy atom. The van der Waals surface area contributed by atoms with Crippen LogP contribution >= 0.6 is 0 Å². The van der Waals surface area contributed by atoms with Gasteiger partial charge in [0.05, 0.1) is 0 Å². The lowest BCUT2D eigenvalue weighted by molar-refractivity contribution is 0.102. The van der Waals surface area contributed by atoms with Gasteiger partial charge in [-0.05, 0) is 57.7 Å². The molecule has 0 fully saturated rings. The average molecular weight is 467 g/mol. The third-order valence-electron chi connectivity index (χ3n) is 6.13. The maximum Gasteiger partial charge on any atom is 0.255 e. The standard InChI is InChI=1S/C31H34N2O2/c1-30(2,3)27-15-14-24(17-28(27)31(4,5)6)33-29(34)21-11-9-12-25(16-21)35-20-23-19-32-18-22-10-7-8-13-26(22)23/h7-19H,20H2,1-6H3,(H,33,34). The van der Waals surface area contributed by atoms with Crippen molar-refractivity contribution in [1.82, 2.24) is 4.98 Å². The van der Waals surface area contributed by atoms with E-state index in [1.54, 1.807) is 12.1 Å². The average Bonchev–Trinajstić information content (AvgIpc) is 2.81. The molecule has 1 heterocycles. The Morgan fingerprint density at radius 3 is 2.31 bits per heavy atom. The summed E-state index contributed by atoms with van der Waals surface area (Å²) in [5.74, 6) is 0.481. The molecule has 0 unspecified atom stereocenters. The number of anilines is 1. The van der Waals surface area contributed by atoms with Gasteiger partial charge in [-0.2, -0.15) is 0 Å². The minimum absolute atomic E-state index is 0.0242. The van der Waals surface area contributed by atoms with E-state index >= 15 is 0 Å². The van der Waals surface area contributed by atoms with Crippen molar-refractivity contribution in [3.63, 3.8) is 0 Å². The van der Waals surface area contributed by atoms with Gasteiger partial charge in [-0.1, -0.05) is 77.9 Å². The zero-order valence-corrected chi connectivity index (χ0v) is 21.5. The molecule has 0 radical (unpaired) electrons. The van der Waals surface area contributed by atoms with Gasteiger partial charge in [0.25, 0.3) is 5.91 Å². The van der Waals surface area contributed by atoms with Gasteiger partial charge >= 0.3 is 0 Å². The second-order valence-electron chi connectivity index (χ2n) is 11.1. The summed E-state index contributed by atoms with van der Waals surface area (Å²) in [6.07, 6.45) is 3.68. The third-order valence-corrected chi connectivity index (χ3v) is 6.13. The molecule has 4 heteroatoms. The quantitative estimate of drug-likeness (QED) is 0.328. The van der Waals surface area contributed by atoms with Crippen LogP contribution in [-0.4, -0.2) is 10.9 Å². The van der Waals surface area contributed by atoms with Gasteiger partial charge in [-0.3, -0.25) is 9.78 Å². The number of fused-ring (bicyclic) bond motifs is 1. The minimum atomic E-state index is -0.161. The molecule has 0 atom stereocenters. The molecular weight excluding hydrogens is 432 g/mol. The number of nitrogens with one attached hydrogen (secondary N) is 1. The molecule has 0 saturated carbocycles. The summed E-state index contributed by atoms with van der Waals surface area (Å²) in [7, 11) is 0. The van der Waals surface area contributed by atoms with Crippen LogP contribution in [0.1, 0.15) is 68.6 Å². The van der Waals surface area contributed by atoms with E-state index in [-0.39, 0.29) is 16.7 Å². The Bertz CT molecular complexity index is 1360. The smallest absolute Gasteiger partial charge is 0.255 e. The number of hydrogen-bond donors (Lipinski definition) is 1. The highest BCUT2D eigenvalue weighted by Gasteiger charge is 2.25. The topological polar surface area (TPSA) is 51.2 Å². The molecule has 0 saturated heterocycles. The maximum atomic E-state index is 13.1. The number of rotatable bonds is 5. The fourth-order valence-electron chi connectivity index (χ4n) is 4.28. The molecule has 0 spiro atoms. The van der Waals surface area contributed by atoms with E-state index in [9.17, 15) is 4.79 Å². The van der Waals surface area contributed by atoms with Gasteiger partial charge in [-0.15, -0.1) is 0 Å². The summed E-state index contributed by atoms with van der Waals surface area (Å²) < 4.78 is 6.04. The number of ether oxygens (including phenoxy) is 1. The molecular formula is C31H34N2O2. The van der Waals surface area contributed by atoms with Crippen LogP contribution in [0.25, 0.3) is 10.8 Å². The maximum absolute atomic E-state index is 13.1. The third kappa shape index (κ3) is 5.71. The van der Waals surface area contributed by atoms with Crippen molar-refractivity contribution in [3.05, 3.63) is 101 Å². The summed E-state index contributed by atoms with van der Waals surface area (Å²) in [5, 5.41) is 5.26. The molecule has 1 amide bonds. The first-order valence-corrected chi connectivity index (χ1v) is 12.0. The van der Waals surface area contributed by atoms with Gasteiger partial charge in [0.1, 0.15) is 12.4 Å². The summed E-state index contributed by atoms with van der Waals surface area (Å²) in [6.45, 7) is 13.6. The molecule has 4 nitrogen and oxygen atoms in total. The predicted molar refractivity (Wildman–Crippen MR) is 144 cm³/mol. The summed E-state index contributed by atoms with van der Waals surface area (Å²) >= 11 is 0. The molecule has 3 aromatic carbocycles. The second kappa shape index (κ2) is 9.53. The first-order valence-electron chi connectivity index (χ1n) is 12.0. The molecule has 4 aromatic rings. The van der Waals surface area contributed by atoms with Crippen LogP contribution in [0, 0.1) is 0 Å². The summed E-state index contributed by atoms with van der Waals surface area (Å²) in [6, 6.07) is 21.6. The highest BCUT2D eigenvalue weighted by molar-refractivity contribution is 6.04. The van der Waals surface area contributed by atoms with Gasteiger partial charge in [0.2, 0.25) is 0 Å². The van der Waals surface area contributed by atoms with E-state index in [1.165, 1.54) is 11.1 Å².